The van der Waals surface area contributed by atoms with Gasteiger partial charge < -0.3 is 14.5 Å². The number of oxazole rings is 1. The third-order valence-electron chi connectivity index (χ3n) is 6.77. The molecule has 4 aromatic rings. The Labute approximate surface area is 209 Å². The number of hydrogen-bond acceptors (Lipinski definition) is 6. The van der Waals surface area contributed by atoms with Crippen LogP contribution in [0.5, 0.6) is 0 Å². The molecule has 0 N–H and O–H groups in total. The lowest BCUT2D eigenvalue weighted by molar-refractivity contribution is -0.487. The first-order valence-electron chi connectivity index (χ1n) is 12.5. The van der Waals surface area contributed by atoms with E-state index >= 15 is 0 Å². The van der Waals surface area contributed by atoms with Crippen LogP contribution >= 0.6 is 0 Å². The topological polar surface area (TPSA) is 81.1 Å². The highest BCUT2D eigenvalue weighted by Crippen LogP contribution is 2.33. The SMILES string of the molecule is CCc1cnc(N2CCC(c3ccc4oc(-c5ccc(/C=[N+](\[O-])C(C)C)cc5F)nc4c3)CC2)nc1. The van der Waals surface area contributed by atoms with Gasteiger partial charge in [0.1, 0.15) is 11.3 Å². The first-order chi connectivity index (χ1) is 17.4. The number of benzene rings is 2. The molecule has 0 unspecified atom stereocenters. The van der Waals surface area contributed by atoms with Gasteiger partial charge in [0, 0.05) is 31.0 Å². The molecule has 1 saturated heterocycles. The Morgan fingerprint density at radius 3 is 2.56 bits per heavy atom. The molecule has 3 heterocycles. The van der Waals surface area contributed by atoms with E-state index in [4.69, 9.17) is 4.42 Å². The Hall–Kier alpha value is -3.81. The molecule has 0 saturated carbocycles. The van der Waals surface area contributed by atoms with Gasteiger partial charge in [0.15, 0.2) is 17.8 Å². The van der Waals surface area contributed by atoms with Gasteiger partial charge in [-0.3, -0.25) is 0 Å². The number of hydroxylamine groups is 1. The van der Waals surface area contributed by atoms with Crippen molar-refractivity contribution in [3.63, 3.8) is 0 Å². The minimum Gasteiger partial charge on any atom is -0.624 e. The van der Waals surface area contributed by atoms with Gasteiger partial charge in [-0.1, -0.05) is 13.0 Å². The maximum Gasteiger partial charge on any atom is 0.230 e. The minimum atomic E-state index is -0.478. The third kappa shape index (κ3) is 4.94. The first-order valence-corrected chi connectivity index (χ1v) is 12.5. The van der Waals surface area contributed by atoms with E-state index in [1.165, 1.54) is 17.8 Å². The Balaban J connectivity index is 1.31. The Bertz CT molecular complexity index is 1390. The summed E-state index contributed by atoms with van der Waals surface area (Å²) in [5.74, 6) is 0.953. The molecule has 2 aromatic carbocycles. The van der Waals surface area contributed by atoms with Crippen LogP contribution in [-0.4, -0.2) is 45.0 Å². The second-order valence-corrected chi connectivity index (χ2v) is 9.57. The van der Waals surface area contributed by atoms with E-state index < -0.39 is 5.82 Å². The van der Waals surface area contributed by atoms with Gasteiger partial charge in [-0.05, 0) is 80.5 Å². The molecule has 1 aliphatic rings. The number of halogens is 1. The minimum absolute atomic E-state index is 0.216. The van der Waals surface area contributed by atoms with Crippen LogP contribution in [0.3, 0.4) is 0 Å². The molecule has 1 aliphatic heterocycles. The van der Waals surface area contributed by atoms with Crippen LogP contribution in [0.4, 0.5) is 10.3 Å². The summed E-state index contributed by atoms with van der Waals surface area (Å²) >= 11 is 0. The molecule has 0 aliphatic carbocycles. The lowest BCUT2D eigenvalue weighted by Gasteiger charge is -2.32. The number of anilines is 1. The molecule has 7 nitrogen and oxygen atoms in total. The summed E-state index contributed by atoms with van der Waals surface area (Å²) < 4.78 is 21.5. The maximum atomic E-state index is 14.8. The molecule has 0 amide bonds. The van der Waals surface area contributed by atoms with Crippen molar-refractivity contribution in [2.75, 3.05) is 18.0 Å². The second kappa shape index (κ2) is 10.0. The zero-order chi connectivity index (χ0) is 25.2. The number of aromatic nitrogens is 3. The van der Waals surface area contributed by atoms with Crippen molar-refractivity contribution in [3.05, 3.63) is 76.5 Å². The van der Waals surface area contributed by atoms with E-state index in [2.05, 4.69) is 32.8 Å². The summed E-state index contributed by atoms with van der Waals surface area (Å²) in [6.45, 7) is 7.45. The van der Waals surface area contributed by atoms with Crippen molar-refractivity contribution in [1.29, 1.82) is 0 Å². The normalized spacial score (nSPS) is 15.2. The predicted octanol–water partition coefficient (Wildman–Crippen LogP) is 5.71. The van der Waals surface area contributed by atoms with E-state index in [0.29, 0.717) is 22.6 Å². The molecule has 8 heteroatoms. The highest BCUT2D eigenvalue weighted by molar-refractivity contribution is 5.79. The molecule has 186 valence electrons. The summed E-state index contributed by atoms with van der Waals surface area (Å²) in [6.07, 6.45) is 8.12. The molecule has 1 fully saturated rings. The molecule has 0 radical (unpaired) electrons. The van der Waals surface area contributed by atoms with Crippen molar-refractivity contribution in [1.82, 2.24) is 15.0 Å². The van der Waals surface area contributed by atoms with Crippen LogP contribution in [0.1, 0.15) is 56.2 Å². The average Bonchev–Trinajstić information content (AvgIpc) is 3.32. The number of nitrogens with zero attached hydrogens (tertiary/aromatic N) is 5. The highest BCUT2D eigenvalue weighted by atomic mass is 19.1. The van der Waals surface area contributed by atoms with E-state index in [-0.39, 0.29) is 17.5 Å². The molecule has 0 bridgehead atoms. The molecule has 5 rings (SSSR count). The van der Waals surface area contributed by atoms with Crippen LogP contribution in [0, 0.1) is 11.0 Å². The molecular weight excluding hydrogens is 457 g/mol. The van der Waals surface area contributed by atoms with Gasteiger partial charge in [0.2, 0.25) is 11.8 Å². The number of rotatable bonds is 6. The van der Waals surface area contributed by atoms with Crippen molar-refractivity contribution >= 4 is 23.3 Å². The molecule has 2 aromatic heterocycles. The Kier molecular flexibility index (Phi) is 6.67. The summed E-state index contributed by atoms with van der Waals surface area (Å²) in [6, 6.07) is 10.5. The van der Waals surface area contributed by atoms with Crippen molar-refractivity contribution in [3.8, 4) is 11.5 Å². The van der Waals surface area contributed by atoms with Gasteiger partial charge in [0.05, 0.1) is 5.56 Å². The molecule has 0 spiro atoms. The Morgan fingerprint density at radius 1 is 1.14 bits per heavy atom. The Morgan fingerprint density at radius 2 is 1.89 bits per heavy atom. The van der Waals surface area contributed by atoms with Crippen LogP contribution in [0.2, 0.25) is 0 Å². The van der Waals surface area contributed by atoms with Gasteiger partial charge in [0.25, 0.3) is 0 Å². The van der Waals surface area contributed by atoms with Crippen LogP contribution in [-0.2, 0) is 6.42 Å². The smallest absolute Gasteiger partial charge is 0.230 e. The van der Waals surface area contributed by atoms with E-state index in [9.17, 15) is 9.60 Å². The van der Waals surface area contributed by atoms with Gasteiger partial charge in [-0.25, -0.2) is 24.1 Å². The van der Waals surface area contributed by atoms with Gasteiger partial charge in [-0.15, -0.1) is 0 Å². The molecule has 0 atom stereocenters. The standard InChI is InChI=1S/C28H30FN5O2/c1-4-19-15-30-28(31-16-19)33-11-9-21(10-12-33)22-6-8-26-25(14-22)32-27(36-26)23-7-5-20(13-24(23)29)17-34(35)18(2)3/h5-8,13-18,21H,4,9-12H2,1-3H3/b34-17-. The number of aryl methyl sites for hydroxylation is 1. The monoisotopic (exact) mass is 487 g/mol. The zero-order valence-corrected chi connectivity index (χ0v) is 20.8. The summed E-state index contributed by atoms with van der Waals surface area (Å²) in [7, 11) is 0. The zero-order valence-electron chi connectivity index (χ0n) is 20.8. The van der Waals surface area contributed by atoms with E-state index in [0.717, 1.165) is 48.6 Å². The largest absolute Gasteiger partial charge is 0.624 e. The number of fused-ring (bicyclic) bond motifs is 1. The fourth-order valence-electron chi connectivity index (χ4n) is 4.50. The fraction of sp³-hybridized carbons (Fsp3) is 0.357. The van der Waals surface area contributed by atoms with Crippen molar-refractivity contribution < 1.29 is 13.5 Å². The second-order valence-electron chi connectivity index (χ2n) is 9.57. The van der Waals surface area contributed by atoms with Gasteiger partial charge >= 0.3 is 0 Å². The lowest BCUT2D eigenvalue weighted by atomic mass is 9.89. The highest BCUT2D eigenvalue weighted by Gasteiger charge is 2.23. The average molecular weight is 488 g/mol. The predicted molar refractivity (Wildman–Crippen MR) is 139 cm³/mol. The summed E-state index contributed by atoms with van der Waals surface area (Å²) in [5, 5.41) is 11.9. The van der Waals surface area contributed by atoms with Gasteiger partial charge in [-0.2, -0.15) is 0 Å². The van der Waals surface area contributed by atoms with Crippen molar-refractivity contribution in [2.24, 2.45) is 0 Å². The summed E-state index contributed by atoms with van der Waals surface area (Å²) in [5.41, 5.74) is 4.45. The maximum absolute atomic E-state index is 14.8. The molecular formula is C28H30FN5O2. The van der Waals surface area contributed by atoms with Crippen LogP contribution in [0.25, 0.3) is 22.6 Å². The lowest BCUT2D eigenvalue weighted by Crippen LogP contribution is -2.34. The van der Waals surface area contributed by atoms with E-state index in [1.807, 2.05) is 24.5 Å². The van der Waals surface area contributed by atoms with Crippen molar-refractivity contribution in [2.45, 2.75) is 52.0 Å². The quantitative estimate of drug-likeness (QED) is 0.150. The first kappa shape index (κ1) is 23.9. The van der Waals surface area contributed by atoms with Crippen LogP contribution < -0.4 is 4.90 Å². The summed E-state index contributed by atoms with van der Waals surface area (Å²) in [4.78, 5) is 15.9. The number of piperidine rings is 1. The van der Waals surface area contributed by atoms with E-state index in [1.54, 1.807) is 26.0 Å². The third-order valence-corrected chi connectivity index (χ3v) is 6.77. The van der Waals surface area contributed by atoms with Crippen LogP contribution in [0.15, 0.2) is 53.2 Å². The fourth-order valence-corrected chi connectivity index (χ4v) is 4.50. The molecule has 36 heavy (non-hydrogen) atoms. The number of hydrogen-bond donors (Lipinski definition) is 0.